The Morgan fingerprint density at radius 2 is 0.762 bits per heavy atom. The molecule has 806 valence electrons. The van der Waals surface area contributed by atoms with Gasteiger partial charge in [-0.05, 0) is 290 Å². The number of alkyl halides is 14. The Balaban J connectivity index is 0.000000135. The predicted octanol–water partition coefficient (Wildman–Crippen LogP) is 18.0. The molecule has 2 aliphatic heterocycles. The lowest BCUT2D eigenvalue weighted by Gasteiger charge is -2.60. The van der Waals surface area contributed by atoms with E-state index in [2.05, 4.69) is 11.7 Å². The number of rotatable bonds is 32. The van der Waals surface area contributed by atoms with E-state index in [1.165, 1.54) is 26.7 Å². The number of ether oxygens (including phenoxy) is 14. The Morgan fingerprint density at radius 3 is 1.13 bits per heavy atom. The molecule has 23 aliphatic rings. The maximum atomic E-state index is 13.6. The molecule has 2 saturated heterocycles. The molecule has 2 heterocycles. The van der Waals surface area contributed by atoms with E-state index in [1.807, 2.05) is 13.8 Å². The summed E-state index contributed by atoms with van der Waals surface area (Å²) in [5, 5.41) is 10.8. The van der Waals surface area contributed by atoms with Crippen molar-refractivity contribution in [3.05, 3.63) is 0 Å². The van der Waals surface area contributed by atoms with E-state index in [0.29, 0.717) is 126 Å². The minimum absolute atomic E-state index is 0.0457. The molecule has 20 bridgehead atoms. The quantitative estimate of drug-likeness (QED) is 0.0283. The number of carbonyl (C=O) groups excluding carboxylic acids is 12. The van der Waals surface area contributed by atoms with Crippen LogP contribution in [0.2, 0.25) is 0 Å². The van der Waals surface area contributed by atoms with E-state index in [4.69, 9.17) is 61.6 Å². The Labute approximate surface area is 821 Å². The largest absolute Gasteiger partial charge is 0.461 e. The third-order valence-corrected chi connectivity index (χ3v) is 36.4. The molecule has 23 rings (SSSR count). The molecule has 21 saturated carbocycles. The molecule has 23 fully saturated rings. The highest BCUT2D eigenvalue weighted by Gasteiger charge is 2.75. The fourth-order valence-corrected chi connectivity index (χ4v) is 30.6. The summed E-state index contributed by atoms with van der Waals surface area (Å²) in [6, 6.07) is 0. The Hall–Kier alpha value is -7.46. The molecule has 0 aromatic carbocycles. The number of esters is 12. The van der Waals surface area contributed by atoms with Crippen LogP contribution < -0.4 is 0 Å². The highest BCUT2D eigenvalue weighted by Crippen LogP contribution is 2.68. The summed E-state index contributed by atoms with van der Waals surface area (Å²) in [6.45, 7) is 10.1. The molecule has 16 atom stereocenters. The fraction of sp³-hybridized carbons (Fsp3) is 0.882. The van der Waals surface area contributed by atoms with E-state index in [-0.39, 0.29) is 57.2 Å². The van der Waals surface area contributed by atoms with Crippen molar-refractivity contribution in [3.8, 4) is 0 Å². The van der Waals surface area contributed by atoms with Crippen molar-refractivity contribution < 1.29 is 190 Å². The molecular weight excluding hydrogens is 1920 g/mol. The molecule has 27 nitrogen and oxygen atoms in total. The number of carbonyl (C=O) groups is 12. The molecule has 0 amide bonds. The van der Waals surface area contributed by atoms with Gasteiger partial charge < -0.3 is 71.4 Å². The van der Waals surface area contributed by atoms with E-state index >= 15 is 0 Å². The van der Waals surface area contributed by atoms with Gasteiger partial charge >= 0.3 is 125 Å². The Morgan fingerprint density at radius 1 is 0.399 bits per heavy atom. The Kier molecular flexibility index (Phi) is 30.5. The van der Waals surface area contributed by atoms with Crippen LogP contribution >= 0.6 is 0 Å². The molecule has 1 N–H and O–H groups in total. The zero-order valence-corrected chi connectivity index (χ0v) is 83.2. The van der Waals surface area contributed by atoms with Gasteiger partial charge in [0, 0.05) is 85.0 Å². The number of aliphatic hydroxyl groups is 1. The highest BCUT2D eigenvalue weighted by molar-refractivity contribution is 5.89. The standard InChI is InChI=1S/C24H30F2O6.C21H30F4O6.C21H30F4O5.C20H26F2O6.C16H22F2O4/c1-3-24(12-5-10-4-11(7-12)8-13(24)6-10)32-21(28)17-15-9-14-16(17)20(27)30-18(14)19(15)31-22(29)23(2,25)26;1-4-29-15(26)17(2,30-6-5-21(24,25)18(3,22)23)31-16(27)19-8-13-7-14(9-19)11-20(28,10-13)12-19;1-4-28-16(26)18(2,29-6-5-21(24,25)19(3,22)23)30-17(27)20-10-13-7-14(11-20)9-15(8-13)12-20;1-3-20(7-5-4-6-8-20)28-17(24)13-11-9-10-12(13)16(23)26-14(10)15(11)27-18(25)19(2,21)22;1-15(22-13(19)8-21-14(20)16(2,17)18)11-4-9-3-10(6-11)7-12(15)5-9/h10-19H,3-9H2,1-2H3;13-14,28H,4-12H2,1-3H3;13-15H,4-12H2,1-3H3;10-15H,3-9H2,1-2H3;9-12H,3-8H2,1-2H3. The molecule has 0 aromatic heterocycles. The van der Waals surface area contributed by atoms with Gasteiger partial charge in [-0.25, -0.2) is 46.3 Å². The monoisotopic (exact) mass is 2060 g/mol. The van der Waals surface area contributed by atoms with Crippen molar-refractivity contribution in [1.82, 2.24) is 0 Å². The van der Waals surface area contributed by atoms with Gasteiger partial charge in [-0.1, -0.05) is 20.3 Å². The lowest BCUT2D eigenvalue weighted by atomic mass is 9.48. The minimum Gasteiger partial charge on any atom is -0.461 e. The highest BCUT2D eigenvalue weighted by atomic mass is 19.3. The van der Waals surface area contributed by atoms with Gasteiger partial charge in [-0.3, -0.25) is 28.8 Å². The Bertz CT molecular complexity index is 4650. The zero-order valence-electron chi connectivity index (χ0n) is 83.2. The van der Waals surface area contributed by atoms with Gasteiger partial charge in [0.25, 0.3) is 0 Å². The number of fused-ring (bicyclic) bond motifs is 2. The second kappa shape index (κ2) is 39.8. The molecular formula is C102H138F14O27. The van der Waals surface area contributed by atoms with Gasteiger partial charge in [0.15, 0.2) is 6.61 Å². The summed E-state index contributed by atoms with van der Waals surface area (Å²) >= 11 is 0. The summed E-state index contributed by atoms with van der Waals surface area (Å²) in [6.07, 6.45) is 20.6. The third kappa shape index (κ3) is 21.8. The van der Waals surface area contributed by atoms with Crippen LogP contribution in [0.4, 0.5) is 61.5 Å². The minimum atomic E-state index is -4.37. The van der Waals surface area contributed by atoms with Crippen molar-refractivity contribution in [2.24, 2.45) is 135 Å². The van der Waals surface area contributed by atoms with Crippen LogP contribution in [0.1, 0.15) is 295 Å². The van der Waals surface area contributed by atoms with Gasteiger partial charge in [0.05, 0.1) is 66.5 Å². The lowest BCUT2D eigenvalue weighted by molar-refractivity contribution is -0.261. The SMILES string of the molecule is CC(F)(F)C(=O)OCC(=O)OC1(C)C2CC3CC(C2)CC1C3.CCC1(OC(=O)C2C3CC4C(OC(=O)C42)C3OC(=O)C(C)(F)F)C2CC3CC(C2)CC1C3.CCC1(OC(=O)C2C3CC4C(OC(=O)C42)C3OC(=O)C(C)(F)F)CCCCC1.CCOC(=O)C(C)(OCCC(F)(F)C(C)(F)F)OC(=O)C12CC3CC(CC(C3)C1)C2.CCOC(=O)C(C)(OCCC(F)(F)C(C)(F)F)OC(=O)C12CC3CC(CC(O)(C3)C1)C2. The first-order valence-electron chi connectivity index (χ1n) is 51.5. The van der Waals surface area contributed by atoms with Crippen LogP contribution in [0.15, 0.2) is 0 Å². The average molecular weight is 2060 g/mol. The van der Waals surface area contributed by atoms with Crippen molar-refractivity contribution in [2.45, 2.75) is 395 Å². The second-order valence-corrected chi connectivity index (χ2v) is 46.7. The molecule has 41 heteroatoms. The predicted molar refractivity (Wildman–Crippen MR) is 467 cm³/mol. The van der Waals surface area contributed by atoms with Crippen LogP contribution in [0, 0.1) is 135 Å². The summed E-state index contributed by atoms with van der Waals surface area (Å²) in [5.41, 5.74) is -4.22. The van der Waals surface area contributed by atoms with Crippen molar-refractivity contribution in [1.29, 1.82) is 0 Å². The van der Waals surface area contributed by atoms with Crippen LogP contribution in [-0.2, 0) is 124 Å². The first-order valence-corrected chi connectivity index (χ1v) is 51.5. The van der Waals surface area contributed by atoms with Crippen molar-refractivity contribution >= 4 is 71.6 Å². The van der Waals surface area contributed by atoms with Crippen LogP contribution in [0.3, 0.4) is 0 Å². The maximum absolute atomic E-state index is 13.6. The number of hydrogen-bond donors (Lipinski definition) is 1. The fourth-order valence-electron chi connectivity index (χ4n) is 30.6. The second-order valence-electron chi connectivity index (χ2n) is 46.7. The van der Waals surface area contributed by atoms with Gasteiger partial charge in [-0.15, -0.1) is 0 Å². The molecule has 143 heavy (non-hydrogen) atoms. The normalized spacial score (nSPS) is 39.0. The molecule has 0 radical (unpaired) electrons. The average Bonchev–Trinajstić information content (AvgIpc) is 1.53. The number of halogens is 14. The van der Waals surface area contributed by atoms with Gasteiger partial charge in [0.1, 0.15) is 41.2 Å². The van der Waals surface area contributed by atoms with Crippen molar-refractivity contribution in [3.63, 3.8) is 0 Å². The molecule has 0 aromatic rings. The molecule has 21 aliphatic carbocycles. The third-order valence-electron chi connectivity index (χ3n) is 36.4. The van der Waals surface area contributed by atoms with E-state index in [9.17, 15) is 124 Å². The van der Waals surface area contributed by atoms with E-state index < -0.39 is 250 Å². The topological polar surface area (TPSA) is 354 Å². The smallest absolute Gasteiger partial charge is 0.379 e. The van der Waals surface area contributed by atoms with E-state index in [0.717, 1.165) is 153 Å². The summed E-state index contributed by atoms with van der Waals surface area (Å²) in [7, 11) is 0. The maximum Gasteiger partial charge on any atom is 0.379 e. The van der Waals surface area contributed by atoms with Crippen LogP contribution in [0.25, 0.3) is 0 Å². The van der Waals surface area contributed by atoms with Crippen molar-refractivity contribution in [2.75, 3.05) is 33.0 Å². The van der Waals surface area contributed by atoms with Crippen LogP contribution in [-0.4, -0.2) is 210 Å². The van der Waals surface area contributed by atoms with Gasteiger partial charge in [0.2, 0.25) is 0 Å². The van der Waals surface area contributed by atoms with E-state index in [1.54, 1.807) is 0 Å². The number of hydrogen-bond acceptors (Lipinski definition) is 27. The van der Waals surface area contributed by atoms with Crippen LogP contribution in [0.5, 0.6) is 0 Å². The first-order chi connectivity index (χ1) is 66.4. The summed E-state index contributed by atoms with van der Waals surface area (Å²) in [5.74, 6) is -42.4. The zero-order chi connectivity index (χ0) is 105. The molecule has 0 spiro atoms. The first kappa shape index (κ1) is 110. The summed E-state index contributed by atoms with van der Waals surface area (Å²) < 4.78 is 260. The summed E-state index contributed by atoms with van der Waals surface area (Å²) in [4.78, 5) is 149. The van der Waals surface area contributed by atoms with Gasteiger partial charge in [-0.2, -0.15) is 43.9 Å². The molecule has 16 unspecified atom stereocenters. The lowest BCUT2D eigenvalue weighted by Crippen LogP contribution is -2.60.